The molecule has 0 amide bonds. The number of nitrogens with two attached hydrogens (primary N) is 1. The van der Waals surface area contributed by atoms with Gasteiger partial charge in [0.25, 0.3) is 0 Å². The molecule has 72 valence electrons. The highest BCUT2D eigenvalue weighted by Crippen LogP contribution is 2.02. The van der Waals surface area contributed by atoms with Crippen LogP contribution in [0, 0.1) is 5.92 Å². The van der Waals surface area contributed by atoms with Gasteiger partial charge in [0.1, 0.15) is 6.04 Å². The van der Waals surface area contributed by atoms with E-state index in [1.165, 1.54) is 7.11 Å². The standard InChI is InChI=1S/C8H18N2O2/c1-6(2)7(8(11)12-3)10-5-4-9/h6-7,10H,4-5,9H2,1-3H3. The molecule has 0 bridgehead atoms. The normalized spacial score (nSPS) is 13.1. The van der Waals surface area contributed by atoms with Crippen molar-refractivity contribution in [1.29, 1.82) is 0 Å². The Balaban J connectivity index is 3.95. The van der Waals surface area contributed by atoms with Gasteiger partial charge in [0.15, 0.2) is 0 Å². The summed E-state index contributed by atoms with van der Waals surface area (Å²) in [5.41, 5.74) is 5.30. The highest BCUT2D eigenvalue weighted by molar-refractivity contribution is 5.75. The molecule has 0 saturated carbocycles. The molecule has 0 spiro atoms. The van der Waals surface area contributed by atoms with Crippen LogP contribution in [0.1, 0.15) is 13.8 Å². The number of hydrogen-bond donors (Lipinski definition) is 2. The zero-order chi connectivity index (χ0) is 9.56. The third kappa shape index (κ3) is 3.69. The Morgan fingerprint density at radius 2 is 2.17 bits per heavy atom. The van der Waals surface area contributed by atoms with Gasteiger partial charge in [0, 0.05) is 13.1 Å². The summed E-state index contributed by atoms with van der Waals surface area (Å²) in [5, 5.41) is 3.02. The lowest BCUT2D eigenvalue weighted by Crippen LogP contribution is -2.43. The third-order valence-electron chi connectivity index (χ3n) is 1.63. The first kappa shape index (κ1) is 11.4. The second-order valence-electron chi connectivity index (χ2n) is 2.99. The Labute approximate surface area is 73.5 Å². The molecule has 1 atom stereocenters. The first-order chi connectivity index (χ1) is 5.63. The molecular weight excluding hydrogens is 156 g/mol. The molecule has 1 unspecified atom stereocenters. The van der Waals surface area contributed by atoms with Gasteiger partial charge in [0.2, 0.25) is 0 Å². The Bertz CT molecular complexity index is 137. The van der Waals surface area contributed by atoms with Crippen molar-refractivity contribution in [2.24, 2.45) is 11.7 Å². The van der Waals surface area contributed by atoms with Gasteiger partial charge < -0.3 is 15.8 Å². The highest BCUT2D eigenvalue weighted by atomic mass is 16.5. The van der Waals surface area contributed by atoms with Gasteiger partial charge in [0.05, 0.1) is 7.11 Å². The quantitative estimate of drug-likeness (QED) is 0.563. The van der Waals surface area contributed by atoms with Crippen molar-refractivity contribution in [1.82, 2.24) is 5.32 Å². The van der Waals surface area contributed by atoms with Gasteiger partial charge in [-0.3, -0.25) is 4.79 Å². The van der Waals surface area contributed by atoms with Crippen molar-refractivity contribution >= 4 is 5.97 Å². The number of methoxy groups -OCH3 is 1. The van der Waals surface area contributed by atoms with Gasteiger partial charge in [-0.05, 0) is 5.92 Å². The topological polar surface area (TPSA) is 64.3 Å². The first-order valence-electron chi connectivity index (χ1n) is 4.14. The largest absolute Gasteiger partial charge is 0.468 e. The lowest BCUT2D eigenvalue weighted by Gasteiger charge is -2.19. The maximum Gasteiger partial charge on any atom is 0.323 e. The first-order valence-corrected chi connectivity index (χ1v) is 4.14. The zero-order valence-corrected chi connectivity index (χ0v) is 7.96. The van der Waals surface area contributed by atoms with E-state index >= 15 is 0 Å². The summed E-state index contributed by atoms with van der Waals surface area (Å²) in [7, 11) is 1.39. The van der Waals surface area contributed by atoms with Crippen LogP contribution >= 0.6 is 0 Å². The van der Waals surface area contributed by atoms with Crippen molar-refractivity contribution in [2.45, 2.75) is 19.9 Å². The van der Waals surface area contributed by atoms with Crippen molar-refractivity contribution in [3.05, 3.63) is 0 Å². The number of ether oxygens (including phenoxy) is 1. The molecule has 0 rings (SSSR count). The van der Waals surface area contributed by atoms with Crippen LogP contribution in [-0.2, 0) is 9.53 Å². The molecule has 4 nitrogen and oxygen atoms in total. The van der Waals surface area contributed by atoms with E-state index in [0.717, 1.165) is 0 Å². The monoisotopic (exact) mass is 174 g/mol. The summed E-state index contributed by atoms with van der Waals surface area (Å²) in [6.45, 7) is 5.09. The van der Waals surface area contributed by atoms with Crippen LogP contribution in [0.3, 0.4) is 0 Å². The second kappa shape index (κ2) is 5.97. The second-order valence-corrected chi connectivity index (χ2v) is 2.99. The number of nitrogens with one attached hydrogen (secondary N) is 1. The van der Waals surface area contributed by atoms with E-state index in [2.05, 4.69) is 10.1 Å². The van der Waals surface area contributed by atoms with Crippen molar-refractivity contribution in [3.63, 3.8) is 0 Å². The summed E-state index contributed by atoms with van der Waals surface area (Å²) in [4.78, 5) is 11.1. The average Bonchev–Trinajstić information content (AvgIpc) is 2.04. The Morgan fingerprint density at radius 1 is 1.58 bits per heavy atom. The Kier molecular flexibility index (Phi) is 5.66. The molecule has 0 fully saturated rings. The lowest BCUT2D eigenvalue weighted by molar-refractivity contribution is -0.144. The minimum atomic E-state index is -0.237. The summed E-state index contributed by atoms with van der Waals surface area (Å²) >= 11 is 0. The van der Waals surface area contributed by atoms with Crippen LogP contribution in [0.2, 0.25) is 0 Å². The number of rotatable bonds is 5. The van der Waals surface area contributed by atoms with E-state index in [1.807, 2.05) is 13.8 Å². The van der Waals surface area contributed by atoms with Crippen molar-refractivity contribution in [2.75, 3.05) is 20.2 Å². The fourth-order valence-electron chi connectivity index (χ4n) is 0.957. The minimum Gasteiger partial charge on any atom is -0.468 e. The molecule has 0 aromatic heterocycles. The lowest BCUT2D eigenvalue weighted by atomic mass is 10.1. The van der Waals surface area contributed by atoms with Gasteiger partial charge in [-0.25, -0.2) is 0 Å². The van der Waals surface area contributed by atoms with Crippen LogP contribution in [0.15, 0.2) is 0 Å². The number of carbonyl (C=O) groups excluding carboxylic acids is 1. The third-order valence-corrected chi connectivity index (χ3v) is 1.63. The van der Waals surface area contributed by atoms with Crippen molar-refractivity contribution < 1.29 is 9.53 Å². The molecule has 12 heavy (non-hydrogen) atoms. The Hall–Kier alpha value is -0.610. The van der Waals surface area contributed by atoms with Gasteiger partial charge in [-0.1, -0.05) is 13.8 Å². The predicted molar refractivity (Wildman–Crippen MR) is 47.7 cm³/mol. The van der Waals surface area contributed by atoms with E-state index in [9.17, 15) is 4.79 Å². The molecular formula is C8H18N2O2. The number of esters is 1. The van der Waals surface area contributed by atoms with E-state index in [1.54, 1.807) is 0 Å². The molecule has 0 heterocycles. The Morgan fingerprint density at radius 3 is 2.50 bits per heavy atom. The van der Waals surface area contributed by atoms with E-state index < -0.39 is 0 Å². The molecule has 0 aliphatic heterocycles. The van der Waals surface area contributed by atoms with Crippen LogP contribution < -0.4 is 11.1 Å². The fraction of sp³-hybridized carbons (Fsp3) is 0.875. The number of carbonyl (C=O) groups is 1. The van der Waals surface area contributed by atoms with Gasteiger partial charge in [-0.2, -0.15) is 0 Å². The maximum absolute atomic E-state index is 11.1. The summed E-state index contributed by atoms with van der Waals surface area (Å²) in [6, 6.07) is -0.237. The molecule has 0 radical (unpaired) electrons. The summed E-state index contributed by atoms with van der Waals surface area (Å²) < 4.78 is 4.63. The minimum absolute atomic E-state index is 0.224. The molecule has 3 N–H and O–H groups in total. The number of hydrogen-bond acceptors (Lipinski definition) is 4. The summed E-state index contributed by atoms with van der Waals surface area (Å²) in [5.74, 6) is 0.00227. The van der Waals surface area contributed by atoms with Gasteiger partial charge in [-0.15, -0.1) is 0 Å². The van der Waals surface area contributed by atoms with E-state index in [0.29, 0.717) is 13.1 Å². The SMILES string of the molecule is COC(=O)C(NCCN)C(C)C. The zero-order valence-electron chi connectivity index (χ0n) is 7.96. The van der Waals surface area contributed by atoms with Gasteiger partial charge >= 0.3 is 5.97 Å². The maximum atomic E-state index is 11.1. The van der Waals surface area contributed by atoms with Crippen LogP contribution in [0.4, 0.5) is 0 Å². The van der Waals surface area contributed by atoms with Crippen molar-refractivity contribution in [3.8, 4) is 0 Å². The molecule has 0 saturated heterocycles. The van der Waals surface area contributed by atoms with Crippen LogP contribution in [-0.4, -0.2) is 32.2 Å². The van der Waals surface area contributed by atoms with E-state index in [-0.39, 0.29) is 17.9 Å². The fourth-order valence-corrected chi connectivity index (χ4v) is 0.957. The smallest absolute Gasteiger partial charge is 0.323 e. The predicted octanol–water partition coefficient (Wildman–Crippen LogP) is -0.268. The summed E-state index contributed by atoms with van der Waals surface area (Å²) in [6.07, 6.45) is 0. The molecule has 0 aromatic rings. The van der Waals surface area contributed by atoms with Crippen LogP contribution in [0.25, 0.3) is 0 Å². The molecule has 0 aliphatic carbocycles. The molecule has 4 heteroatoms. The highest BCUT2D eigenvalue weighted by Gasteiger charge is 2.21. The molecule has 0 aliphatic rings. The van der Waals surface area contributed by atoms with Crippen LogP contribution in [0.5, 0.6) is 0 Å². The van der Waals surface area contributed by atoms with E-state index in [4.69, 9.17) is 5.73 Å². The average molecular weight is 174 g/mol. The molecule has 0 aromatic carbocycles.